The molecular formula is C29H23ClNO6PS. The summed E-state index contributed by atoms with van der Waals surface area (Å²) in [5.74, 6) is -0.416. The van der Waals surface area contributed by atoms with Crippen LogP contribution in [0.15, 0.2) is 121 Å². The van der Waals surface area contributed by atoms with Gasteiger partial charge in [0.15, 0.2) is 11.9 Å². The molecule has 0 radical (unpaired) electrons. The highest BCUT2D eigenvalue weighted by atomic mass is 35.7. The summed E-state index contributed by atoms with van der Waals surface area (Å²) in [6.45, 7) is 0. The van der Waals surface area contributed by atoms with Gasteiger partial charge in [-0.05, 0) is 36.4 Å². The molecule has 1 aromatic heterocycles. The average Bonchev–Trinajstić information content (AvgIpc) is 3.40. The summed E-state index contributed by atoms with van der Waals surface area (Å²) < 4.78 is 40.2. The zero-order valence-electron chi connectivity index (χ0n) is 20.7. The van der Waals surface area contributed by atoms with E-state index >= 15 is 0 Å². The zero-order valence-corrected chi connectivity index (χ0v) is 23.1. The molecule has 5 rings (SSSR count). The van der Waals surface area contributed by atoms with Crippen LogP contribution >= 0.6 is 18.6 Å². The number of carbonyl (C=O) groups is 1. The number of hydrogen-bond donors (Lipinski definition) is 0. The Balaban J connectivity index is 0.000000648. The van der Waals surface area contributed by atoms with Gasteiger partial charge >= 0.3 is 5.97 Å². The molecule has 7 nitrogen and oxygen atoms in total. The first-order valence-electron chi connectivity index (χ1n) is 11.6. The molecular weight excluding hydrogens is 557 g/mol. The number of ether oxygens (including phenoxy) is 1. The summed E-state index contributed by atoms with van der Waals surface area (Å²) in [4.78, 5) is 18.0. The Kier molecular flexibility index (Phi) is 9.22. The Hall–Kier alpha value is -3.46. The molecule has 0 saturated heterocycles. The molecule has 0 N–H and O–H groups in total. The number of methoxy groups -OCH3 is 1. The number of halogens is 1. The predicted molar refractivity (Wildman–Crippen MR) is 144 cm³/mol. The van der Waals surface area contributed by atoms with Gasteiger partial charge in [-0.1, -0.05) is 96.3 Å². The molecule has 0 saturated carbocycles. The van der Waals surface area contributed by atoms with Crippen LogP contribution in [0.5, 0.6) is 0 Å². The molecule has 0 bridgehead atoms. The minimum absolute atomic E-state index is 0.385. The highest BCUT2D eigenvalue weighted by Crippen LogP contribution is 2.56. The van der Waals surface area contributed by atoms with Gasteiger partial charge in [0, 0.05) is 5.56 Å². The molecule has 39 heavy (non-hydrogen) atoms. The highest BCUT2D eigenvalue weighted by Gasteiger charge is 2.52. The van der Waals surface area contributed by atoms with Crippen molar-refractivity contribution >= 4 is 45.1 Å². The molecule has 5 aromatic rings. The third kappa shape index (κ3) is 6.58. The van der Waals surface area contributed by atoms with Crippen LogP contribution in [0.4, 0.5) is 0 Å². The van der Waals surface area contributed by atoms with Crippen molar-refractivity contribution in [3.05, 3.63) is 127 Å². The molecule has 4 aromatic carbocycles. The van der Waals surface area contributed by atoms with Crippen LogP contribution in [0, 0.1) is 10.2 Å². The summed E-state index contributed by atoms with van der Waals surface area (Å²) in [6, 6.07) is 41.4. The lowest BCUT2D eigenvalue weighted by Gasteiger charge is -2.26. The molecule has 10 heteroatoms. The van der Waals surface area contributed by atoms with E-state index in [2.05, 4.69) is 72.8 Å². The SMILES string of the molecule is COC(=O)c1nc(-c2ccccc2)sc1[P+](c1ccccc1)(c1ccccc1)c1ccccc1.[O-][Cl+3]([O-])([O-])[O-]. The Bertz CT molecular complexity index is 1390. The number of hydrogen-bond acceptors (Lipinski definition) is 8. The number of nitrogens with zero attached hydrogens (tertiary/aromatic N) is 1. The largest absolute Gasteiger partial charge is 0.464 e. The summed E-state index contributed by atoms with van der Waals surface area (Å²) in [7, 11) is -5.98. The summed E-state index contributed by atoms with van der Waals surface area (Å²) in [5.41, 5.74) is 1.37. The van der Waals surface area contributed by atoms with Gasteiger partial charge in [-0.3, -0.25) is 0 Å². The van der Waals surface area contributed by atoms with E-state index in [1.165, 1.54) is 23.0 Å². The van der Waals surface area contributed by atoms with Crippen LogP contribution < -0.4 is 39.2 Å². The van der Waals surface area contributed by atoms with Gasteiger partial charge in [0.05, 0.1) is 7.11 Å². The van der Waals surface area contributed by atoms with E-state index in [0.29, 0.717) is 5.69 Å². The van der Waals surface area contributed by atoms with Crippen LogP contribution in [-0.4, -0.2) is 18.1 Å². The topological polar surface area (TPSA) is 131 Å². The molecule has 0 aliphatic carbocycles. The maximum Gasteiger partial charge on any atom is 0.361 e. The van der Waals surface area contributed by atoms with Crippen molar-refractivity contribution in [2.24, 2.45) is 0 Å². The number of carbonyl (C=O) groups excluding carboxylic acids is 1. The lowest BCUT2D eigenvalue weighted by molar-refractivity contribution is -2.00. The van der Waals surface area contributed by atoms with Gasteiger partial charge < -0.3 is 4.74 Å². The molecule has 0 fully saturated rings. The number of aromatic nitrogens is 1. The van der Waals surface area contributed by atoms with Crippen molar-refractivity contribution in [2.45, 2.75) is 0 Å². The maximum atomic E-state index is 13.2. The van der Waals surface area contributed by atoms with Crippen molar-refractivity contribution in [3.63, 3.8) is 0 Å². The van der Waals surface area contributed by atoms with Crippen molar-refractivity contribution < 1.29 is 38.4 Å². The van der Waals surface area contributed by atoms with E-state index in [0.717, 1.165) is 15.2 Å². The molecule has 198 valence electrons. The first kappa shape index (κ1) is 28.5. The smallest absolute Gasteiger partial charge is 0.361 e. The van der Waals surface area contributed by atoms with Crippen molar-refractivity contribution in [1.29, 1.82) is 0 Å². The van der Waals surface area contributed by atoms with Crippen molar-refractivity contribution in [3.8, 4) is 10.6 Å². The molecule has 0 amide bonds. The van der Waals surface area contributed by atoms with Gasteiger partial charge in [-0.15, -0.1) is 10.2 Å². The van der Waals surface area contributed by atoms with Crippen molar-refractivity contribution in [2.75, 3.05) is 7.11 Å². The van der Waals surface area contributed by atoms with E-state index in [9.17, 15) is 4.79 Å². The first-order chi connectivity index (χ1) is 18.7. The number of benzene rings is 4. The summed E-state index contributed by atoms with van der Waals surface area (Å²) in [6.07, 6.45) is 0. The Morgan fingerprint density at radius 2 is 1.05 bits per heavy atom. The van der Waals surface area contributed by atoms with E-state index in [1.54, 1.807) is 11.3 Å². The first-order valence-corrected chi connectivity index (χ1v) is 15.4. The van der Waals surface area contributed by atoms with Gasteiger partial charge in [0.2, 0.25) is 5.69 Å². The van der Waals surface area contributed by atoms with E-state index in [1.807, 2.05) is 48.5 Å². The quantitative estimate of drug-likeness (QED) is 0.211. The van der Waals surface area contributed by atoms with E-state index in [-0.39, 0.29) is 0 Å². The monoisotopic (exact) mass is 579 g/mol. The Labute approximate surface area is 232 Å². The summed E-state index contributed by atoms with van der Waals surface area (Å²) >= 11 is 1.59. The van der Waals surface area contributed by atoms with Crippen LogP contribution in [0.25, 0.3) is 10.6 Å². The molecule has 0 spiro atoms. The van der Waals surface area contributed by atoms with Gasteiger partial charge in [0.25, 0.3) is 0 Å². The van der Waals surface area contributed by atoms with Crippen molar-refractivity contribution in [1.82, 2.24) is 4.98 Å². The van der Waals surface area contributed by atoms with Crippen LogP contribution in [0.3, 0.4) is 0 Å². The Morgan fingerprint density at radius 3 is 1.41 bits per heavy atom. The third-order valence-corrected chi connectivity index (χ3v) is 11.8. The fourth-order valence-corrected chi connectivity index (χ4v) is 10.7. The standard InChI is InChI=1S/C29H23NO2PS.ClHO4/c1-32-28(31)26-29(34-27(30-26)22-14-6-2-7-15-22)33(23-16-8-3-9-17-23,24-18-10-4-11-19-24)25-20-12-5-13-21-25;2-1(3,4)5/h2-21H,1H3;(H,2,3,4,5)/q+1;/p-1. The van der Waals surface area contributed by atoms with E-state index in [4.69, 9.17) is 28.4 Å². The second-order valence-corrected chi connectivity index (χ2v) is 13.5. The van der Waals surface area contributed by atoms with Crippen LogP contribution in [-0.2, 0) is 4.74 Å². The third-order valence-electron chi connectivity index (χ3n) is 5.74. The lowest BCUT2D eigenvalue weighted by Crippen LogP contribution is -2.68. The van der Waals surface area contributed by atoms with Crippen LogP contribution in [0.1, 0.15) is 10.5 Å². The molecule has 0 aliphatic heterocycles. The zero-order chi connectivity index (χ0) is 27.9. The predicted octanol–water partition coefficient (Wildman–Crippen LogP) is 0.460. The lowest BCUT2D eigenvalue weighted by atomic mass is 10.2. The average molecular weight is 580 g/mol. The second kappa shape index (κ2) is 12.6. The summed E-state index contributed by atoms with van der Waals surface area (Å²) in [5, 5.41) is 4.31. The molecule has 0 aliphatic rings. The minimum atomic E-state index is -4.94. The molecule has 0 atom stereocenters. The minimum Gasteiger partial charge on any atom is -0.464 e. The fraction of sp³-hybridized carbons (Fsp3) is 0.0345. The fourth-order valence-electron chi connectivity index (χ4n) is 4.23. The number of esters is 1. The van der Waals surface area contributed by atoms with E-state index < -0.39 is 23.5 Å². The van der Waals surface area contributed by atoms with Gasteiger partial charge in [-0.25, -0.2) is 28.4 Å². The molecule has 0 unspecified atom stereocenters. The van der Waals surface area contributed by atoms with Gasteiger partial charge in [-0.2, -0.15) is 0 Å². The Morgan fingerprint density at radius 1 is 0.692 bits per heavy atom. The number of thiazole rings is 1. The molecule has 1 heterocycles. The highest BCUT2D eigenvalue weighted by molar-refractivity contribution is 8.04. The van der Waals surface area contributed by atoms with Gasteiger partial charge in [0.1, 0.15) is 20.9 Å². The van der Waals surface area contributed by atoms with Crippen LogP contribution in [0.2, 0.25) is 0 Å². The second-order valence-electron chi connectivity index (χ2n) is 8.09. The number of rotatable bonds is 6. The normalized spacial score (nSPS) is 11.3. The maximum absolute atomic E-state index is 13.2.